The van der Waals surface area contributed by atoms with Gasteiger partial charge in [0.25, 0.3) is 5.91 Å². The summed E-state index contributed by atoms with van der Waals surface area (Å²) in [5.74, 6) is -0.143. The molecule has 160 valence electrons. The van der Waals surface area contributed by atoms with Gasteiger partial charge in [-0.15, -0.1) is 0 Å². The summed E-state index contributed by atoms with van der Waals surface area (Å²) in [6.45, 7) is 4.83. The normalized spacial score (nSPS) is 21.5. The van der Waals surface area contributed by atoms with E-state index in [1.165, 1.54) is 5.56 Å². The molecule has 2 amide bonds. The van der Waals surface area contributed by atoms with E-state index in [-0.39, 0.29) is 17.9 Å². The van der Waals surface area contributed by atoms with Crippen LogP contribution in [-0.2, 0) is 17.9 Å². The van der Waals surface area contributed by atoms with Crippen LogP contribution in [0.3, 0.4) is 0 Å². The molecule has 0 bridgehead atoms. The minimum Gasteiger partial charge on any atom is -0.351 e. The van der Waals surface area contributed by atoms with Crippen LogP contribution in [0.2, 0.25) is 0 Å². The summed E-state index contributed by atoms with van der Waals surface area (Å²) in [6, 6.07) is 18.4. The number of aromatic nitrogens is 1. The molecule has 1 aromatic heterocycles. The first-order valence-electron chi connectivity index (χ1n) is 11.2. The third-order valence-electron chi connectivity index (χ3n) is 6.98. The summed E-state index contributed by atoms with van der Waals surface area (Å²) in [6.07, 6.45) is 4.34. The zero-order chi connectivity index (χ0) is 21.6. The lowest BCUT2D eigenvalue weighted by Crippen LogP contribution is -2.64. The fourth-order valence-electron chi connectivity index (χ4n) is 5.04. The molecule has 1 saturated carbocycles. The molecular weight excluding hydrogens is 386 g/mol. The van der Waals surface area contributed by atoms with Gasteiger partial charge in [0.2, 0.25) is 5.91 Å². The summed E-state index contributed by atoms with van der Waals surface area (Å²) in [7, 11) is 0. The molecule has 5 nitrogen and oxygen atoms in total. The van der Waals surface area contributed by atoms with Gasteiger partial charge in [-0.25, -0.2) is 0 Å². The molecule has 31 heavy (non-hydrogen) atoms. The molecule has 0 saturated heterocycles. The van der Waals surface area contributed by atoms with Gasteiger partial charge in [0, 0.05) is 23.5 Å². The highest BCUT2D eigenvalue weighted by molar-refractivity contribution is 6.03. The standard InChI is InChI=1S/C26H29N3O2/c1-18-11-13-19(14-12-18)16-29-24(30)23-15-20-7-3-6-10-22(20)28(23)17-26(29,2)25(31)27-21-8-4-5-9-21/h3,6-7,10-15,21H,4-5,8-9,16-17H2,1-2H3,(H,27,31)/t26-/m1/s1. The number of para-hydroxylation sites is 1. The van der Waals surface area contributed by atoms with Crippen molar-refractivity contribution >= 4 is 22.7 Å². The van der Waals surface area contributed by atoms with E-state index in [1.54, 1.807) is 4.90 Å². The van der Waals surface area contributed by atoms with Crippen molar-refractivity contribution in [3.63, 3.8) is 0 Å². The number of aryl methyl sites for hydroxylation is 1. The Morgan fingerprint density at radius 1 is 1.10 bits per heavy atom. The molecule has 5 rings (SSSR count). The Morgan fingerprint density at radius 2 is 1.81 bits per heavy atom. The van der Waals surface area contributed by atoms with E-state index in [4.69, 9.17) is 0 Å². The van der Waals surface area contributed by atoms with Crippen LogP contribution >= 0.6 is 0 Å². The third-order valence-corrected chi connectivity index (χ3v) is 6.98. The van der Waals surface area contributed by atoms with Gasteiger partial charge in [0.15, 0.2) is 0 Å². The highest BCUT2D eigenvalue weighted by Gasteiger charge is 2.48. The topological polar surface area (TPSA) is 54.3 Å². The van der Waals surface area contributed by atoms with Crippen molar-refractivity contribution in [2.24, 2.45) is 0 Å². The van der Waals surface area contributed by atoms with E-state index in [0.717, 1.165) is 42.1 Å². The van der Waals surface area contributed by atoms with Crippen LogP contribution in [0.5, 0.6) is 0 Å². The van der Waals surface area contributed by atoms with Gasteiger partial charge in [-0.1, -0.05) is 60.9 Å². The number of benzene rings is 2. The maximum absolute atomic E-state index is 13.7. The number of nitrogens with one attached hydrogen (secondary N) is 1. The molecule has 1 atom stereocenters. The molecule has 2 aliphatic rings. The van der Waals surface area contributed by atoms with Gasteiger partial charge in [0.05, 0.1) is 6.54 Å². The largest absolute Gasteiger partial charge is 0.351 e. The zero-order valence-electron chi connectivity index (χ0n) is 18.2. The monoisotopic (exact) mass is 415 g/mol. The van der Waals surface area contributed by atoms with Crippen molar-refractivity contribution in [2.45, 2.75) is 64.2 Å². The Hall–Kier alpha value is -3.08. The summed E-state index contributed by atoms with van der Waals surface area (Å²) in [4.78, 5) is 29.1. The van der Waals surface area contributed by atoms with Gasteiger partial charge in [-0.3, -0.25) is 9.59 Å². The van der Waals surface area contributed by atoms with Crippen molar-refractivity contribution in [2.75, 3.05) is 0 Å². The van der Waals surface area contributed by atoms with Crippen LogP contribution in [0.1, 0.15) is 54.2 Å². The first-order chi connectivity index (χ1) is 15.0. The second-order valence-electron chi connectivity index (χ2n) is 9.28. The second kappa shape index (κ2) is 7.56. The molecule has 1 aliphatic heterocycles. The van der Waals surface area contributed by atoms with Crippen LogP contribution in [0.4, 0.5) is 0 Å². The quantitative estimate of drug-likeness (QED) is 0.686. The summed E-state index contributed by atoms with van der Waals surface area (Å²) >= 11 is 0. The molecule has 5 heteroatoms. The molecule has 0 spiro atoms. The molecular formula is C26H29N3O2. The number of hydrogen-bond acceptors (Lipinski definition) is 2. The molecule has 3 aromatic rings. The number of amides is 2. The Balaban J connectivity index is 1.56. The maximum atomic E-state index is 13.7. The first kappa shape index (κ1) is 19.9. The number of nitrogens with zero attached hydrogens (tertiary/aromatic N) is 2. The molecule has 2 aromatic carbocycles. The van der Waals surface area contributed by atoms with Crippen LogP contribution < -0.4 is 5.32 Å². The first-order valence-corrected chi connectivity index (χ1v) is 11.2. The average molecular weight is 416 g/mol. The minimum atomic E-state index is -0.959. The van der Waals surface area contributed by atoms with E-state index in [0.29, 0.717) is 18.8 Å². The van der Waals surface area contributed by atoms with Crippen molar-refractivity contribution in [3.8, 4) is 0 Å². The molecule has 2 heterocycles. The summed E-state index contributed by atoms with van der Waals surface area (Å²) < 4.78 is 2.03. The Morgan fingerprint density at radius 3 is 2.55 bits per heavy atom. The number of rotatable bonds is 4. The average Bonchev–Trinajstić information content (AvgIpc) is 3.40. The van der Waals surface area contributed by atoms with Gasteiger partial charge in [-0.2, -0.15) is 0 Å². The third kappa shape index (κ3) is 3.42. The lowest BCUT2D eigenvalue weighted by Gasteiger charge is -2.44. The fourth-order valence-corrected chi connectivity index (χ4v) is 5.04. The second-order valence-corrected chi connectivity index (χ2v) is 9.28. The molecule has 0 radical (unpaired) electrons. The van der Waals surface area contributed by atoms with Gasteiger partial charge in [-0.05, 0) is 44.4 Å². The van der Waals surface area contributed by atoms with E-state index in [2.05, 4.69) is 17.4 Å². The lowest BCUT2D eigenvalue weighted by atomic mass is 9.93. The maximum Gasteiger partial charge on any atom is 0.271 e. The highest BCUT2D eigenvalue weighted by atomic mass is 16.2. The van der Waals surface area contributed by atoms with E-state index >= 15 is 0 Å². The number of fused-ring (bicyclic) bond motifs is 3. The Bertz CT molecular complexity index is 1140. The van der Waals surface area contributed by atoms with Crippen molar-refractivity contribution < 1.29 is 9.59 Å². The van der Waals surface area contributed by atoms with E-state index in [9.17, 15) is 9.59 Å². The predicted molar refractivity (Wildman–Crippen MR) is 122 cm³/mol. The van der Waals surface area contributed by atoms with Gasteiger partial charge < -0.3 is 14.8 Å². The zero-order valence-corrected chi connectivity index (χ0v) is 18.2. The highest BCUT2D eigenvalue weighted by Crippen LogP contribution is 2.34. The number of carbonyl (C=O) groups is 2. The van der Waals surface area contributed by atoms with Crippen molar-refractivity contribution in [3.05, 3.63) is 71.4 Å². The Labute approximate surface area is 183 Å². The molecule has 1 aliphatic carbocycles. The van der Waals surface area contributed by atoms with E-state index < -0.39 is 5.54 Å². The summed E-state index contributed by atoms with van der Waals surface area (Å²) in [5.41, 5.74) is 2.90. The lowest BCUT2D eigenvalue weighted by molar-refractivity contribution is -0.133. The number of hydrogen-bond donors (Lipinski definition) is 1. The number of carbonyl (C=O) groups excluding carboxylic acids is 2. The SMILES string of the molecule is Cc1ccc(CN2C(=O)c3cc4ccccc4n3C[C@]2(C)C(=O)NC2CCCC2)cc1. The smallest absolute Gasteiger partial charge is 0.271 e. The van der Waals surface area contributed by atoms with Crippen LogP contribution in [0.15, 0.2) is 54.6 Å². The van der Waals surface area contributed by atoms with E-state index in [1.807, 2.05) is 60.9 Å². The molecule has 0 unspecified atom stereocenters. The fraction of sp³-hybridized carbons (Fsp3) is 0.385. The van der Waals surface area contributed by atoms with Crippen molar-refractivity contribution in [1.29, 1.82) is 0 Å². The summed E-state index contributed by atoms with van der Waals surface area (Å²) in [5, 5.41) is 4.29. The molecule has 1 fully saturated rings. The van der Waals surface area contributed by atoms with Crippen LogP contribution in [0.25, 0.3) is 10.9 Å². The predicted octanol–water partition coefficient (Wildman–Crippen LogP) is 4.42. The molecule has 1 N–H and O–H groups in total. The van der Waals surface area contributed by atoms with Gasteiger partial charge in [0.1, 0.15) is 11.2 Å². The van der Waals surface area contributed by atoms with Crippen LogP contribution in [-0.4, -0.2) is 32.9 Å². The van der Waals surface area contributed by atoms with Crippen molar-refractivity contribution in [1.82, 2.24) is 14.8 Å². The Kier molecular flexibility index (Phi) is 4.84. The minimum absolute atomic E-state index is 0.0525. The van der Waals surface area contributed by atoms with Gasteiger partial charge >= 0.3 is 0 Å². The van der Waals surface area contributed by atoms with Crippen LogP contribution in [0, 0.1) is 6.92 Å².